The molecule has 0 spiro atoms. The minimum Gasteiger partial charge on any atom is -0.466 e. The number of halogens is 2. The molecule has 3 atom stereocenters. The highest BCUT2D eigenvalue weighted by atomic mass is 32.2. The SMILES string of the molecule is CCOC(=O)[C@@H]1CC(Sc2ccccn2)C[C@H]1C(=O)N1CCC(F)(F)C1. The van der Waals surface area contributed by atoms with E-state index in [1.807, 2.05) is 18.2 Å². The summed E-state index contributed by atoms with van der Waals surface area (Å²) in [6.45, 7) is 1.42. The van der Waals surface area contributed by atoms with Gasteiger partial charge in [0.2, 0.25) is 5.91 Å². The number of carbonyl (C=O) groups excluding carboxylic acids is 2. The van der Waals surface area contributed by atoms with Crippen LogP contribution in [-0.2, 0) is 14.3 Å². The zero-order chi connectivity index (χ0) is 18.7. The fourth-order valence-electron chi connectivity index (χ4n) is 3.62. The first-order valence-electron chi connectivity index (χ1n) is 8.80. The third-order valence-corrected chi connectivity index (χ3v) is 6.03. The second kappa shape index (κ2) is 7.90. The molecule has 0 aromatic carbocycles. The topological polar surface area (TPSA) is 59.5 Å². The van der Waals surface area contributed by atoms with E-state index in [-0.39, 0.29) is 30.7 Å². The van der Waals surface area contributed by atoms with E-state index in [0.717, 1.165) is 5.03 Å². The standard InChI is InChI=1S/C18H22F2N2O3S/c1-2-25-17(24)14-10-12(26-15-5-3-4-7-21-15)9-13(14)16(23)22-8-6-18(19,20)11-22/h3-5,7,12-14H,2,6,8-11H2,1H3/t12?,13-,14-/m1/s1. The lowest BCUT2D eigenvalue weighted by molar-refractivity contribution is -0.153. The van der Waals surface area contributed by atoms with Crippen molar-refractivity contribution in [3.8, 4) is 0 Å². The van der Waals surface area contributed by atoms with Gasteiger partial charge in [-0.05, 0) is 31.9 Å². The number of carbonyl (C=O) groups is 2. The molecule has 2 heterocycles. The molecule has 1 saturated heterocycles. The number of hydrogen-bond donors (Lipinski definition) is 0. The highest BCUT2D eigenvalue weighted by molar-refractivity contribution is 7.99. The molecular weight excluding hydrogens is 362 g/mol. The molecule has 8 heteroatoms. The first-order valence-corrected chi connectivity index (χ1v) is 9.68. The van der Waals surface area contributed by atoms with Gasteiger partial charge in [-0.1, -0.05) is 6.07 Å². The van der Waals surface area contributed by atoms with E-state index >= 15 is 0 Å². The van der Waals surface area contributed by atoms with Crippen LogP contribution >= 0.6 is 11.8 Å². The predicted octanol–water partition coefficient (Wildman–Crippen LogP) is 3.00. The van der Waals surface area contributed by atoms with E-state index in [9.17, 15) is 18.4 Å². The Balaban J connectivity index is 1.72. The molecule has 26 heavy (non-hydrogen) atoms. The molecule has 1 amide bonds. The number of hydrogen-bond acceptors (Lipinski definition) is 5. The number of nitrogens with zero attached hydrogens (tertiary/aromatic N) is 2. The quantitative estimate of drug-likeness (QED) is 0.731. The van der Waals surface area contributed by atoms with Gasteiger partial charge >= 0.3 is 5.97 Å². The monoisotopic (exact) mass is 384 g/mol. The van der Waals surface area contributed by atoms with Crippen LogP contribution in [0.2, 0.25) is 0 Å². The Morgan fingerprint density at radius 3 is 2.73 bits per heavy atom. The van der Waals surface area contributed by atoms with Crippen LogP contribution in [-0.4, -0.2) is 52.6 Å². The number of aromatic nitrogens is 1. The van der Waals surface area contributed by atoms with Crippen molar-refractivity contribution < 1.29 is 23.1 Å². The van der Waals surface area contributed by atoms with Crippen molar-refractivity contribution in [2.45, 2.75) is 42.4 Å². The molecule has 3 rings (SSSR count). The highest BCUT2D eigenvalue weighted by Crippen LogP contribution is 2.43. The van der Waals surface area contributed by atoms with E-state index in [0.29, 0.717) is 12.8 Å². The Kier molecular flexibility index (Phi) is 5.79. The van der Waals surface area contributed by atoms with Gasteiger partial charge in [0.05, 0.1) is 30.0 Å². The van der Waals surface area contributed by atoms with Gasteiger partial charge in [-0.3, -0.25) is 9.59 Å². The summed E-state index contributed by atoms with van der Waals surface area (Å²) in [6, 6.07) is 5.57. The van der Waals surface area contributed by atoms with Gasteiger partial charge in [-0.2, -0.15) is 0 Å². The lowest BCUT2D eigenvalue weighted by atomic mass is 9.95. The Hall–Kier alpha value is -1.70. The van der Waals surface area contributed by atoms with Crippen molar-refractivity contribution in [2.75, 3.05) is 19.7 Å². The summed E-state index contributed by atoms with van der Waals surface area (Å²) in [6.07, 6.45) is 2.32. The van der Waals surface area contributed by atoms with Gasteiger partial charge in [-0.15, -0.1) is 11.8 Å². The van der Waals surface area contributed by atoms with Crippen LogP contribution in [0.1, 0.15) is 26.2 Å². The van der Waals surface area contributed by atoms with Crippen LogP contribution in [0.5, 0.6) is 0 Å². The van der Waals surface area contributed by atoms with Crippen molar-refractivity contribution in [2.24, 2.45) is 11.8 Å². The Morgan fingerprint density at radius 2 is 2.12 bits per heavy atom. The number of amides is 1. The molecule has 2 aliphatic rings. The molecule has 0 radical (unpaired) electrons. The van der Waals surface area contributed by atoms with Gasteiger partial charge in [0.1, 0.15) is 0 Å². The average Bonchev–Trinajstić information content (AvgIpc) is 3.19. The van der Waals surface area contributed by atoms with E-state index in [2.05, 4.69) is 4.98 Å². The molecule has 1 unspecified atom stereocenters. The summed E-state index contributed by atoms with van der Waals surface area (Å²) >= 11 is 1.52. The van der Waals surface area contributed by atoms with Crippen LogP contribution < -0.4 is 0 Å². The minimum atomic E-state index is -2.84. The first kappa shape index (κ1) is 19.1. The Bertz CT molecular complexity index is 659. The van der Waals surface area contributed by atoms with E-state index in [4.69, 9.17) is 4.74 Å². The number of ether oxygens (including phenoxy) is 1. The average molecular weight is 384 g/mol. The molecular formula is C18H22F2N2O3S. The maximum absolute atomic E-state index is 13.5. The number of pyridine rings is 1. The van der Waals surface area contributed by atoms with E-state index < -0.39 is 30.3 Å². The zero-order valence-corrected chi connectivity index (χ0v) is 15.4. The third-order valence-electron chi connectivity index (χ3n) is 4.83. The molecule has 0 N–H and O–H groups in total. The van der Waals surface area contributed by atoms with Crippen LogP contribution in [0, 0.1) is 11.8 Å². The van der Waals surface area contributed by atoms with Crippen molar-refractivity contribution >= 4 is 23.6 Å². The summed E-state index contributed by atoms with van der Waals surface area (Å²) < 4.78 is 32.1. The smallest absolute Gasteiger partial charge is 0.309 e. The zero-order valence-electron chi connectivity index (χ0n) is 14.6. The van der Waals surface area contributed by atoms with E-state index in [1.165, 1.54) is 16.7 Å². The van der Waals surface area contributed by atoms with Crippen LogP contribution in [0.15, 0.2) is 29.4 Å². The first-order chi connectivity index (χ1) is 12.4. The van der Waals surface area contributed by atoms with Crippen molar-refractivity contribution in [3.05, 3.63) is 24.4 Å². The number of thioether (sulfide) groups is 1. The maximum Gasteiger partial charge on any atom is 0.309 e. The van der Waals surface area contributed by atoms with Crippen LogP contribution in [0.3, 0.4) is 0 Å². The van der Waals surface area contributed by atoms with Gasteiger partial charge in [0.25, 0.3) is 5.92 Å². The molecule has 1 saturated carbocycles. The summed E-state index contributed by atoms with van der Waals surface area (Å²) in [5, 5.41) is 0.845. The minimum absolute atomic E-state index is 0.0244. The van der Waals surface area contributed by atoms with Gasteiger partial charge in [0.15, 0.2) is 0 Å². The van der Waals surface area contributed by atoms with E-state index in [1.54, 1.807) is 13.1 Å². The lowest BCUT2D eigenvalue weighted by Crippen LogP contribution is -2.39. The van der Waals surface area contributed by atoms with Crippen molar-refractivity contribution in [1.82, 2.24) is 9.88 Å². The molecule has 1 aromatic rings. The lowest BCUT2D eigenvalue weighted by Gasteiger charge is -2.23. The van der Waals surface area contributed by atoms with Gasteiger partial charge in [0, 0.05) is 24.4 Å². The molecule has 5 nitrogen and oxygen atoms in total. The molecule has 1 aliphatic heterocycles. The molecule has 142 valence electrons. The predicted molar refractivity (Wildman–Crippen MR) is 92.9 cm³/mol. The van der Waals surface area contributed by atoms with Crippen LogP contribution in [0.25, 0.3) is 0 Å². The second-order valence-corrected chi connectivity index (χ2v) is 8.03. The van der Waals surface area contributed by atoms with Crippen molar-refractivity contribution in [3.63, 3.8) is 0 Å². The molecule has 1 aliphatic carbocycles. The second-order valence-electron chi connectivity index (χ2n) is 6.71. The van der Waals surface area contributed by atoms with Crippen molar-refractivity contribution in [1.29, 1.82) is 0 Å². The Labute approximate surface area is 155 Å². The number of rotatable bonds is 5. The highest BCUT2D eigenvalue weighted by Gasteiger charge is 2.48. The number of likely N-dealkylation sites (tertiary alicyclic amines) is 1. The molecule has 0 bridgehead atoms. The Morgan fingerprint density at radius 1 is 1.35 bits per heavy atom. The maximum atomic E-state index is 13.5. The fourth-order valence-corrected chi connectivity index (χ4v) is 4.84. The van der Waals surface area contributed by atoms with Gasteiger partial charge in [-0.25, -0.2) is 13.8 Å². The number of alkyl halides is 2. The molecule has 1 aromatic heterocycles. The number of esters is 1. The normalized spacial score (nSPS) is 27.5. The third kappa shape index (κ3) is 4.34. The van der Waals surface area contributed by atoms with Crippen LogP contribution in [0.4, 0.5) is 8.78 Å². The molecule has 2 fully saturated rings. The largest absolute Gasteiger partial charge is 0.466 e. The summed E-state index contributed by atoms with van der Waals surface area (Å²) in [5.74, 6) is -4.80. The summed E-state index contributed by atoms with van der Waals surface area (Å²) in [7, 11) is 0. The summed E-state index contributed by atoms with van der Waals surface area (Å²) in [5.41, 5.74) is 0. The fraction of sp³-hybridized carbons (Fsp3) is 0.611. The summed E-state index contributed by atoms with van der Waals surface area (Å²) in [4.78, 5) is 30.6. The van der Waals surface area contributed by atoms with Gasteiger partial charge < -0.3 is 9.64 Å².